The predicted octanol–water partition coefficient (Wildman–Crippen LogP) is 3.04. The molecule has 0 aliphatic carbocycles. The van der Waals surface area contributed by atoms with E-state index in [1.807, 2.05) is 0 Å². The number of carbonyl (C=O) groups is 1. The standard InChI is InChI=1S/C14H15FN2O2/c1-9-8-12(17-19-9)16-13(18)14(2,3)10-4-6-11(15)7-5-10/h4-8H,1-3H3,(H,16,17,18). The third-order valence-corrected chi connectivity index (χ3v) is 3.00. The highest BCUT2D eigenvalue weighted by Gasteiger charge is 2.30. The van der Waals surface area contributed by atoms with Crippen molar-refractivity contribution in [1.82, 2.24) is 5.16 Å². The lowest BCUT2D eigenvalue weighted by molar-refractivity contribution is -0.120. The highest BCUT2D eigenvalue weighted by Crippen LogP contribution is 2.25. The lowest BCUT2D eigenvalue weighted by atomic mass is 9.84. The Hall–Kier alpha value is -2.17. The monoisotopic (exact) mass is 262 g/mol. The molecular formula is C14H15FN2O2. The predicted molar refractivity (Wildman–Crippen MR) is 69.3 cm³/mol. The average molecular weight is 262 g/mol. The number of rotatable bonds is 3. The van der Waals surface area contributed by atoms with Gasteiger partial charge in [0.05, 0.1) is 5.41 Å². The highest BCUT2D eigenvalue weighted by molar-refractivity contribution is 5.97. The van der Waals surface area contributed by atoms with Gasteiger partial charge in [0.1, 0.15) is 11.6 Å². The van der Waals surface area contributed by atoms with Crippen LogP contribution in [0.2, 0.25) is 0 Å². The minimum Gasteiger partial charge on any atom is -0.360 e. The fourth-order valence-electron chi connectivity index (χ4n) is 1.70. The van der Waals surface area contributed by atoms with Gasteiger partial charge in [0.25, 0.3) is 0 Å². The first-order valence-electron chi connectivity index (χ1n) is 5.90. The van der Waals surface area contributed by atoms with E-state index in [1.54, 1.807) is 39.0 Å². The molecule has 5 heteroatoms. The first-order valence-corrected chi connectivity index (χ1v) is 5.90. The molecule has 0 atom stereocenters. The summed E-state index contributed by atoms with van der Waals surface area (Å²) in [4.78, 5) is 12.2. The maximum absolute atomic E-state index is 12.9. The molecule has 1 heterocycles. The van der Waals surface area contributed by atoms with Crippen LogP contribution in [-0.4, -0.2) is 11.1 Å². The Morgan fingerprint density at radius 2 is 1.95 bits per heavy atom. The van der Waals surface area contributed by atoms with Crippen LogP contribution in [0.3, 0.4) is 0 Å². The summed E-state index contributed by atoms with van der Waals surface area (Å²) >= 11 is 0. The van der Waals surface area contributed by atoms with Crippen LogP contribution in [-0.2, 0) is 10.2 Å². The van der Waals surface area contributed by atoms with Crippen molar-refractivity contribution >= 4 is 11.7 Å². The van der Waals surface area contributed by atoms with E-state index in [-0.39, 0.29) is 11.7 Å². The normalized spacial score (nSPS) is 11.4. The number of hydrogen-bond acceptors (Lipinski definition) is 3. The van der Waals surface area contributed by atoms with E-state index in [4.69, 9.17) is 4.52 Å². The van der Waals surface area contributed by atoms with Crippen molar-refractivity contribution in [2.24, 2.45) is 0 Å². The van der Waals surface area contributed by atoms with Crippen molar-refractivity contribution in [3.63, 3.8) is 0 Å². The molecular weight excluding hydrogens is 247 g/mol. The largest absolute Gasteiger partial charge is 0.360 e. The van der Waals surface area contributed by atoms with Crippen molar-refractivity contribution in [3.05, 3.63) is 47.5 Å². The van der Waals surface area contributed by atoms with Crippen molar-refractivity contribution in [2.75, 3.05) is 5.32 Å². The molecule has 100 valence electrons. The summed E-state index contributed by atoms with van der Waals surface area (Å²) in [5.74, 6) is 0.437. The van der Waals surface area contributed by atoms with Crippen LogP contribution in [0.1, 0.15) is 25.2 Å². The summed E-state index contributed by atoms with van der Waals surface area (Å²) in [6.45, 7) is 5.28. The second kappa shape index (κ2) is 4.84. The van der Waals surface area contributed by atoms with Crippen molar-refractivity contribution in [1.29, 1.82) is 0 Å². The second-order valence-electron chi connectivity index (χ2n) is 4.91. The molecule has 1 aromatic carbocycles. The molecule has 2 aromatic rings. The zero-order valence-corrected chi connectivity index (χ0v) is 11.0. The van der Waals surface area contributed by atoms with Gasteiger partial charge < -0.3 is 9.84 Å². The number of halogens is 1. The Morgan fingerprint density at radius 3 is 2.47 bits per heavy atom. The first-order chi connectivity index (χ1) is 8.89. The van der Waals surface area contributed by atoms with Crippen LogP contribution in [0.15, 0.2) is 34.9 Å². The van der Waals surface area contributed by atoms with Crippen LogP contribution >= 0.6 is 0 Å². The van der Waals surface area contributed by atoms with E-state index in [0.29, 0.717) is 11.6 Å². The lowest BCUT2D eigenvalue weighted by Gasteiger charge is -2.23. The zero-order chi connectivity index (χ0) is 14.0. The third kappa shape index (κ3) is 2.81. The number of hydrogen-bond donors (Lipinski definition) is 1. The summed E-state index contributed by atoms with van der Waals surface area (Å²) < 4.78 is 17.8. The van der Waals surface area contributed by atoms with Gasteiger partial charge in [0.2, 0.25) is 5.91 Å². The number of amides is 1. The van der Waals surface area contributed by atoms with Crippen molar-refractivity contribution in [3.8, 4) is 0 Å². The van der Waals surface area contributed by atoms with Gasteiger partial charge in [-0.1, -0.05) is 17.3 Å². The van der Waals surface area contributed by atoms with Crippen molar-refractivity contribution < 1.29 is 13.7 Å². The molecule has 0 saturated carbocycles. The van der Waals surface area contributed by atoms with E-state index in [2.05, 4.69) is 10.5 Å². The summed E-state index contributed by atoms with van der Waals surface area (Å²) in [7, 11) is 0. The molecule has 0 unspecified atom stereocenters. The number of benzene rings is 1. The Balaban J connectivity index is 2.19. The Morgan fingerprint density at radius 1 is 1.32 bits per heavy atom. The fraction of sp³-hybridized carbons (Fsp3) is 0.286. The van der Waals surface area contributed by atoms with E-state index >= 15 is 0 Å². The summed E-state index contributed by atoms with van der Waals surface area (Å²) in [5, 5.41) is 6.39. The molecule has 0 bridgehead atoms. The molecule has 1 aromatic heterocycles. The van der Waals surface area contributed by atoms with E-state index < -0.39 is 5.41 Å². The molecule has 0 fully saturated rings. The molecule has 19 heavy (non-hydrogen) atoms. The molecule has 0 saturated heterocycles. The molecule has 0 spiro atoms. The molecule has 0 aliphatic rings. The molecule has 0 radical (unpaired) electrons. The van der Waals surface area contributed by atoms with Gasteiger partial charge in [-0.3, -0.25) is 4.79 Å². The van der Waals surface area contributed by atoms with Gasteiger partial charge in [-0.25, -0.2) is 4.39 Å². The van der Waals surface area contributed by atoms with Gasteiger partial charge in [-0.2, -0.15) is 0 Å². The van der Waals surface area contributed by atoms with Crippen LogP contribution in [0, 0.1) is 12.7 Å². The number of anilines is 1. The topological polar surface area (TPSA) is 55.1 Å². The maximum Gasteiger partial charge on any atom is 0.235 e. The summed E-state index contributed by atoms with van der Waals surface area (Å²) in [5.41, 5.74) is -0.0628. The number of carbonyl (C=O) groups excluding carboxylic acids is 1. The van der Waals surface area contributed by atoms with E-state index in [1.165, 1.54) is 12.1 Å². The van der Waals surface area contributed by atoms with Gasteiger partial charge in [-0.05, 0) is 38.5 Å². The first kappa shape index (κ1) is 13.3. The summed E-state index contributed by atoms with van der Waals surface area (Å²) in [6, 6.07) is 7.51. The maximum atomic E-state index is 12.9. The van der Waals surface area contributed by atoms with Gasteiger partial charge in [0.15, 0.2) is 5.82 Å². The molecule has 0 aliphatic heterocycles. The Kier molecular flexibility index (Phi) is 3.38. The number of aromatic nitrogens is 1. The smallest absolute Gasteiger partial charge is 0.235 e. The van der Waals surface area contributed by atoms with E-state index in [9.17, 15) is 9.18 Å². The zero-order valence-electron chi connectivity index (χ0n) is 11.0. The van der Waals surface area contributed by atoms with Crippen LogP contribution < -0.4 is 5.32 Å². The quantitative estimate of drug-likeness (QED) is 0.925. The van der Waals surface area contributed by atoms with E-state index in [0.717, 1.165) is 5.56 Å². The van der Waals surface area contributed by atoms with Gasteiger partial charge in [0, 0.05) is 6.07 Å². The van der Waals surface area contributed by atoms with Gasteiger partial charge in [-0.15, -0.1) is 0 Å². The molecule has 1 amide bonds. The molecule has 2 rings (SSSR count). The molecule has 4 nitrogen and oxygen atoms in total. The lowest BCUT2D eigenvalue weighted by Crippen LogP contribution is -2.34. The fourth-order valence-corrected chi connectivity index (χ4v) is 1.70. The summed E-state index contributed by atoms with van der Waals surface area (Å²) in [6.07, 6.45) is 0. The minimum absolute atomic E-state index is 0.229. The van der Waals surface area contributed by atoms with Gasteiger partial charge >= 0.3 is 0 Å². The van der Waals surface area contributed by atoms with Crippen LogP contribution in [0.5, 0.6) is 0 Å². The Labute approximate surface area is 110 Å². The minimum atomic E-state index is -0.791. The van der Waals surface area contributed by atoms with Crippen LogP contribution in [0.25, 0.3) is 0 Å². The van der Waals surface area contributed by atoms with Crippen LogP contribution in [0.4, 0.5) is 10.2 Å². The average Bonchev–Trinajstić information content (AvgIpc) is 2.75. The second-order valence-corrected chi connectivity index (χ2v) is 4.91. The molecule has 1 N–H and O–H groups in total. The number of nitrogens with zero attached hydrogens (tertiary/aromatic N) is 1. The number of nitrogens with one attached hydrogen (secondary N) is 1. The SMILES string of the molecule is Cc1cc(NC(=O)C(C)(C)c2ccc(F)cc2)no1. The number of aryl methyl sites for hydroxylation is 1. The third-order valence-electron chi connectivity index (χ3n) is 3.00. The Bertz CT molecular complexity index is 588. The van der Waals surface area contributed by atoms with Crippen molar-refractivity contribution in [2.45, 2.75) is 26.2 Å². The highest BCUT2D eigenvalue weighted by atomic mass is 19.1.